The van der Waals surface area contributed by atoms with Crippen LogP contribution in [0.3, 0.4) is 0 Å². The molecule has 2 unspecified atom stereocenters. The van der Waals surface area contributed by atoms with E-state index in [2.05, 4.69) is 9.47 Å². The number of halogens is 3. The van der Waals surface area contributed by atoms with E-state index in [1.165, 1.54) is 0 Å². The lowest BCUT2D eigenvalue weighted by atomic mass is 10.5. The summed E-state index contributed by atoms with van der Waals surface area (Å²) in [7, 11) is 0. The second-order valence-corrected chi connectivity index (χ2v) is 1.97. The van der Waals surface area contributed by atoms with Crippen LogP contribution in [0.15, 0.2) is 0 Å². The average molecular weight is 156 g/mol. The van der Waals surface area contributed by atoms with E-state index in [-0.39, 0.29) is 12.7 Å². The first-order valence-corrected chi connectivity index (χ1v) is 2.85. The summed E-state index contributed by atoms with van der Waals surface area (Å²) in [6, 6.07) is 0. The average Bonchev–Trinajstić information content (AvgIpc) is 2.64. The highest BCUT2D eigenvalue weighted by atomic mass is 19.3. The predicted octanol–water partition coefficient (Wildman–Crippen LogP) is 0.963. The van der Waals surface area contributed by atoms with Crippen LogP contribution in [-0.4, -0.2) is 32.1 Å². The Balaban J connectivity index is 1.99. The smallest absolute Gasteiger partial charge is 0.293 e. The molecule has 0 N–H and O–H groups in total. The zero-order chi connectivity index (χ0) is 7.56. The van der Waals surface area contributed by atoms with Gasteiger partial charge in [-0.25, -0.2) is 13.2 Å². The van der Waals surface area contributed by atoms with Gasteiger partial charge in [0.2, 0.25) is 0 Å². The molecule has 0 amide bonds. The van der Waals surface area contributed by atoms with Gasteiger partial charge in [-0.3, -0.25) is 0 Å². The van der Waals surface area contributed by atoms with E-state index in [0.29, 0.717) is 6.61 Å². The van der Waals surface area contributed by atoms with Gasteiger partial charge in [0.15, 0.2) is 0 Å². The summed E-state index contributed by atoms with van der Waals surface area (Å²) >= 11 is 0. The third-order valence-electron chi connectivity index (χ3n) is 1.04. The van der Waals surface area contributed by atoms with Gasteiger partial charge in [0, 0.05) is 0 Å². The number of ether oxygens (including phenoxy) is 2. The lowest BCUT2D eigenvalue weighted by Crippen LogP contribution is -2.18. The quantitative estimate of drug-likeness (QED) is 0.565. The molecule has 10 heavy (non-hydrogen) atoms. The van der Waals surface area contributed by atoms with E-state index in [0.717, 1.165) is 0 Å². The first-order valence-electron chi connectivity index (χ1n) is 2.85. The van der Waals surface area contributed by atoms with Crippen molar-refractivity contribution >= 4 is 0 Å². The summed E-state index contributed by atoms with van der Waals surface area (Å²) in [5.74, 6) is 0. The van der Waals surface area contributed by atoms with E-state index < -0.39 is 12.8 Å². The van der Waals surface area contributed by atoms with Crippen molar-refractivity contribution in [1.82, 2.24) is 0 Å². The normalized spacial score (nSPS) is 27.0. The van der Waals surface area contributed by atoms with Gasteiger partial charge >= 0.3 is 0 Å². The molecular weight excluding hydrogens is 149 g/mol. The summed E-state index contributed by atoms with van der Waals surface area (Å²) in [4.78, 5) is 0. The van der Waals surface area contributed by atoms with Crippen LogP contribution in [0.5, 0.6) is 0 Å². The molecule has 1 saturated heterocycles. The van der Waals surface area contributed by atoms with Gasteiger partial charge in [-0.2, -0.15) is 0 Å². The van der Waals surface area contributed by atoms with Gasteiger partial charge in [-0.15, -0.1) is 0 Å². The van der Waals surface area contributed by atoms with Crippen molar-refractivity contribution in [3.63, 3.8) is 0 Å². The maximum absolute atomic E-state index is 11.9. The Morgan fingerprint density at radius 2 is 2.10 bits per heavy atom. The third kappa shape index (κ3) is 2.53. The second-order valence-electron chi connectivity index (χ2n) is 1.97. The molecule has 0 aromatic heterocycles. The topological polar surface area (TPSA) is 21.8 Å². The number of rotatable bonds is 4. The highest BCUT2D eigenvalue weighted by Gasteiger charge is 2.27. The van der Waals surface area contributed by atoms with Crippen LogP contribution in [0.25, 0.3) is 0 Å². The highest BCUT2D eigenvalue weighted by Crippen LogP contribution is 2.13. The van der Waals surface area contributed by atoms with Crippen LogP contribution in [0.1, 0.15) is 0 Å². The Morgan fingerprint density at radius 3 is 2.50 bits per heavy atom. The van der Waals surface area contributed by atoms with Crippen molar-refractivity contribution in [1.29, 1.82) is 0 Å². The third-order valence-corrected chi connectivity index (χ3v) is 1.04. The van der Waals surface area contributed by atoms with Gasteiger partial charge in [0.25, 0.3) is 12.8 Å². The van der Waals surface area contributed by atoms with Gasteiger partial charge in [-0.1, -0.05) is 0 Å². The summed E-state index contributed by atoms with van der Waals surface area (Å²) < 4.78 is 43.3. The van der Waals surface area contributed by atoms with Crippen LogP contribution in [0.2, 0.25) is 0 Å². The second kappa shape index (κ2) is 3.21. The molecule has 0 bridgehead atoms. The Morgan fingerprint density at radius 1 is 1.50 bits per heavy atom. The molecule has 2 nitrogen and oxygen atoms in total. The Kier molecular flexibility index (Phi) is 2.50. The van der Waals surface area contributed by atoms with Gasteiger partial charge in [-0.05, 0) is 0 Å². The molecule has 1 rings (SSSR count). The zero-order valence-corrected chi connectivity index (χ0v) is 5.10. The summed E-state index contributed by atoms with van der Waals surface area (Å²) in [6.45, 7) is 0.404. The SMILES string of the molecule is FC(F)C(F)OCC1CO1. The first kappa shape index (κ1) is 7.81. The lowest BCUT2D eigenvalue weighted by molar-refractivity contribution is -0.130. The Labute approximate surface area is 55.9 Å². The monoisotopic (exact) mass is 156 g/mol. The van der Waals surface area contributed by atoms with Gasteiger partial charge in [0.05, 0.1) is 13.2 Å². The molecule has 1 fully saturated rings. The fourth-order valence-electron chi connectivity index (χ4n) is 0.436. The largest absolute Gasteiger partial charge is 0.371 e. The van der Waals surface area contributed by atoms with E-state index in [1.54, 1.807) is 0 Å². The number of hydrogen-bond donors (Lipinski definition) is 0. The summed E-state index contributed by atoms with van der Waals surface area (Å²) in [5, 5.41) is 0. The lowest BCUT2D eigenvalue weighted by Gasteiger charge is -2.05. The molecule has 1 aliphatic rings. The molecule has 0 aromatic rings. The van der Waals surface area contributed by atoms with E-state index >= 15 is 0 Å². The van der Waals surface area contributed by atoms with Gasteiger partial charge in [0.1, 0.15) is 6.10 Å². The van der Waals surface area contributed by atoms with Crippen molar-refractivity contribution < 1.29 is 22.6 Å². The molecule has 0 aromatic carbocycles. The molecular formula is C5H7F3O2. The molecule has 2 atom stereocenters. The maximum Gasteiger partial charge on any atom is 0.293 e. The fraction of sp³-hybridized carbons (Fsp3) is 1.00. The molecule has 60 valence electrons. The molecule has 1 heterocycles. The minimum Gasteiger partial charge on any atom is -0.371 e. The highest BCUT2D eigenvalue weighted by molar-refractivity contribution is 4.67. The number of epoxide rings is 1. The van der Waals surface area contributed by atoms with Crippen LogP contribution < -0.4 is 0 Å². The van der Waals surface area contributed by atoms with E-state index in [1.807, 2.05) is 0 Å². The molecule has 0 aliphatic carbocycles. The van der Waals surface area contributed by atoms with Gasteiger partial charge < -0.3 is 9.47 Å². The Bertz CT molecular complexity index is 105. The van der Waals surface area contributed by atoms with Crippen molar-refractivity contribution in [3.8, 4) is 0 Å². The van der Waals surface area contributed by atoms with Crippen LogP contribution in [-0.2, 0) is 9.47 Å². The van der Waals surface area contributed by atoms with Crippen molar-refractivity contribution in [2.75, 3.05) is 13.2 Å². The molecule has 1 aliphatic heterocycles. The molecule has 0 radical (unpaired) electrons. The predicted molar refractivity (Wildman–Crippen MR) is 26.6 cm³/mol. The fourth-order valence-corrected chi connectivity index (χ4v) is 0.436. The van der Waals surface area contributed by atoms with Crippen LogP contribution >= 0.6 is 0 Å². The molecule has 5 heteroatoms. The Hall–Kier alpha value is -0.290. The standard InChI is InChI=1S/C5H7F3O2/c6-4(7)5(8)10-2-3-1-9-3/h3-5H,1-2H2. The van der Waals surface area contributed by atoms with Crippen molar-refractivity contribution in [3.05, 3.63) is 0 Å². The summed E-state index contributed by atoms with van der Waals surface area (Å²) in [6.07, 6.45) is -5.69. The number of alkyl halides is 3. The molecule has 0 saturated carbocycles. The van der Waals surface area contributed by atoms with Crippen LogP contribution in [0.4, 0.5) is 13.2 Å². The zero-order valence-electron chi connectivity index (χ0n) is 5.10. The first-order chi connectivity index (χ1) is 4.70. The number of hydrogen-bond acceptors (Lipinski definition) is 2. The van der Waals surface area contributed by atoms with Crippen LogP contribution in [0, 0.1) is 0 Å². The van der Waals surface area contributed by atoms with E-state index in [9.17, 15) is 13.2 Å². The molecule has 0 spiro atoms. The van der Waals surface area contributed by atoms with Crippen molar-refractivity contribution in [2.24, 2.45) is 0 Å². The summed E-state index contributed by atoms with van der Waals surface area (Å²) in [5.41, 5.74) is 0. The minimum absolute atomic E-state index is 0.0779. The van der Waals surface area contributed by atoms with E-state index in [4.69, 9.17) is 0 Å². The maximum atomic E-state index is 11.9. The minimum atomic E-state index is -3.06. The van der Waals surface area contributed by atoms with Crippen molar-refractivity contribution in [2.45, 2.75) is 18.9 Å².